The Morgan fingerprint density at radius 3 is 2.37 bits per heavy atom. The number of nitrogens with one attached hydrogen (secondary N) is 1. The molecule has 2 aliphatic heterocycles. The molecule has 4 heterocycles. The van der Waals surface area contributed by atoms with Gasteiger partial charge in [0.1, 0.15) is 16.9 Å². The van der Waals surface area contributed by atoms with Gasteiger partial charge in [-0.2, -0.15) is 0 Å². The maximum Gasteiger partial charge on any atom is 0.332 e. The van der Waals surface area contributed by atoms with Crippen LogP contribution in [0.2, 0.25) is 0 Å². The molecule has 3 fully saturated rings. The van der Waals surface area contributed by atoms with Crippen molar-refractivity contribution in [2.45, 2.75) is 83.9 Å². The first-order chi connectivity index (χ1) is 14.3. The number of hydrogen-bond donors (Lipinski definition) is 2. The van der Waals surface area contributed by atoms with Crippen LogP contribution in [-0.4, -0.2) is 36.8 Å². The lowest BCUT2D eigenvalue weighted by molar-refractivity contribution is -0.196. The van der Waals surface area contributed by atoms with Gasteiger partial charge in [0.05, 0.1) is 6.61 Å². The summed E-state index contributed by atoms with van der Waals surface area (Å²) in [5.41, 5.74) is -0.559. The van der Waals surface area contributed by atoms with Crippen molar-refractivity contribution in [3.63, 3.8) is 0 Å². The lowest BCUT2D eigenvalue weighted by atomic mass is 9.64. The lowest BCUT2D eigenvalue weighted by Gasteiger charge is -2.52. The van der Waals surface area contributed by atoms with Crippen LogP contribution >= 0.6 is 0 Å². The van der Waals surface area contributed by atoms with E-state index in [0.29, 0.717) is 49.5 Å². The van der Waals surface area contributed by atoms with E-state index in [1.54, 1.807) is 4.57 Å². The van der Waals surface area contributed by atoms with Gasteiger partial charge in [0.25, 0.3) is 5.56 Å². The van der Waals surface area contributed by atoms with Crippen LogP contribution < -0.4 is 11.2 Å². The molecule has 9 nitrogen and oxygen atoms in total. The quantitative estimate of drug-likeness (QED) is 0.679. The summed E-state index contributed by atoms with van der Waals surface area (Å²) < 4.78 is 9.16. The minimum atomic E-state index is -0.777. The Morgan fingerprint density at radius 2 is 1.80 bits per heavy atom. The van der Waals surface area contributed by atoms with Crippen LogP contribution in [0.4, 0.5) is 0 Å². The van der Waals surface area contributed by atoms with E-state index in [0.717, 1.165) is 32.1 Å². The number of hydrogen-bond acceptors (Lipinski definition) is 5. The van der Waals surface area contributed by atoms with Crippen molar-refractivity contribution in [1.82, 2.24) is 19.1 Å². The van der Waals surface area contributed by atoms with Gasteiger partial charge in [-0.3, -0.25) is 18.7 Å². The van der Waals surface area contributed by atoms with Gasteiger partial charge >= 0.3 is 11.7 Å². The Morgan fingerprint density at radius 1 is 1.13 bits per heavy atom. The SMILES string of the molecule is CCCn1c(=O)c2[nH]c(C34CCC(CCC(=O)O)(CC3)CO4)nc2n(CCC)c1=O. The standard InChI is InChI=1S/C21H30N4O5/c1-3-11-24-16-15(17(28)25(12-4-2)19(24)29)22-18(23-16)21-9-7-20(8-10-21,13-30-21)6-5-14(26)27/h3-13H2,1-2H3,(H,22,23)(H,26,27). The van der Waals surface area contributed by atoms with Crippen LogP contribution in [-0.2, 0) is 28.2 Å². The van der Waals surface area contributed by atoms with Gasteiger partial charge in [-0.25, -0.2) is 9.78 Å². The van der Waals surface area contributed by atoms with E-state index >= 15 is 0 Å². The molecule has 1 saturated carbocycles. The first-order valence-electron chi connectivity index (χ1n) is 10.9. The largest absolute Gasteiger partial charge is 0.481 e. The van der Waals surface area contributed by atoms with Crippen LogP contribution in [0.3, 0.4) is 0 Å². The molecular weight excluding hydrogens is 388 g/mol. The summed E-state index contributed by atoms with van der Waals surface area (Å²) >= 11 is 0. The van der Waals surface area contributed by atoms with E-state index in [2.05, 4.69) is 4.98 Å². The molecule has 3 aliphatic rings. The fourth-order valence-corrected chi connectivity index (χ4v) is 4.99. The summed E-state index contributed by atoms with van der Waals surface area (Å²) in [4.78, 5) is 44.8. The zero-order chi connectivity index (χ0) is 21.5. The second-order valence-electron chi connectivity index (χ2n) is 8.85. The van der Waals surface area contributed by atoms with Gasteiger partial charge in [0, 0.05) is 19.5 Å². The van der Waals surface area contributed by atoms with Crippen LogP contribution in [0.1, 0.15) is 71.0 Å². The molecule has 0 unspecified atom stereocenters. The predicted octanol–water partition coefficient (Wildman–Crippen LogP) is 2.36. The summed E-state index contributed by atoms with van der Waals surface area (Å²) in [6.07, 6.45) is 5.44. The second kappa shape index (κ2) is 7.68. The van der Waals surface area contributed by atoms with E-state index in [1.165, 1.54) is 4.57 Å². The number of fused-ring (bicyclic) bond motifs is 4. The number of nitrogens with zero attached hydrogens (tertiary/aromatic N) is 3. The smallest absolute Gasteiger partial charge is 0.332 e. The van der Waals surface area contributed by atoms with Gasteiger partial charge in [0.2, 0.25) is 0 Å². The summed E-state index contributed by atoms with van der Waals surface area (Å²) in [5.74, 6) is -0.166. The third-order valence-electron chi connectivity index (χ3n) is 6.83. The zero-order valence-electron chi connectivity index (χ0n) is 17.7. The molecule has 2 aromatic rings. The number of carboxylic acids is 1. The Balaban J connectivity index is 1.72. The van der Waals surface area contributed by atoms with Gasteiger partial charge < -0.3 is 14.8 Å². The molecule has 30 heavy (non-hydrogen) atoms. The molecule has 0 aromatic carbocycles. The Kier molecular flexibility index (Phi) is 5.34. The number of ether oxygens (including phenoxy) is 1. The topological polar surface area (TPSA) is 119 Å². The highest BCUT2D eigenvalue weighted by Crippen LogP contribution is 2.54. The third kappa shape index (κ3) is 3.29. The van der Waals surface area contributed by atoms with Crippen molar-refractivity contribution in [3.05, 3.63) is 26.7 Å². The molecule has 2 saturated heterocycles. The summed E-state index contributed by atoms with van der Waals surface area (Å²) in [5, 5.41) is 9.04. The van der Waals surface area contributed by atoms with Crippen LogP contribution in [0.5, 0.6) is 0 Å². The van der Waals surface area contributed by atoms with Crippen molar-refractivity contribution in [3.8, 4) is 0 Å². The van der Waals surface area contributed by atoms with Gasteiger partial charge in [-0.1, -0.05) is 13.8 Å². The highest BCUT2D eigenvalue weighted by Gasteiger charge is 2.52. The predicted molar refractivity (Wildman–Crippen MR) is 111 cm³/mol. The van der Waals surface area contributed by atoms with Crippen molar-refractivity contribution < 1.29 is 14.6 Å². The van der Waals surface area contributed by atoms with Gasteiger partial charge in [0.15, 0.2) is 5.65 Å². The number of carboxylic acid groups (broad SMARTS) is 1. The Hall–Kier alpha value is -2.42. The van der Waals surface area contributed by atoms with E-state index < -0.39 is 11.6 Å². The number of rotatable bonds is 8. The first-order valence-corrected chi connectivity index (χ1v) is 10.9. The van der Waals surface area contributed by atoms with E-state index in [9.17, 15) is 14.4 Å². The summed E-state index contributed by atoms with van der Waals surface area (Å²) in [6.45, 7) is 5.29. The van der Waals surface area contributed by atoms with Crippen molar-refractivity contribution in [2.24, 2.45) is 5.41 Å². The molecular formula is C21H30N4O5. The average Bonchev–Trinajstić information content (AvgIpc) is 3.20. The fourth-order valence-electron chi connectivity index (χ4n) is 4.99. The molecule has 9 heteroatoms. The average molecular weight is 418 g/mol. The lowest BCUT2D eigenvalue weighted by Crippen LogP contribution is -2.49. The van der Waals surface area contributed by atoms with Gasteiger partial charge in [-0.15, -0.1) is 0 Å². The number of imidazole rings is 1. The molecule has 1 aliphatic carbocycles. The molecule has 0 amide bonds. The molecule has 2 N–H and O–H groups in total. The maximum absolute atomic E-state index is 13.0. The van der Waals surface area contributed by atoms with Crippen molar-refractivity contribution >= 4 is 17.1 Å². The molecule has 2 bridgehead atoms. The van der Waals surface area contributed by atoms with Gasteiger partial charge in [-0.05, 0) is 50.4 Å². The van der Waals surface area contributed by atoms with E-state index in [4.69, 9.17) is 14.8 Å². The second-order valence-corrected chi connectivity index (χ2v) is 8.85. The van der Waals surface area contributed by atoms with E-state index in [1.807, 2.05) is 13.8 Å². The zero-order valence-corrected chi connectivity index (χ0v) is 17.7. The Labute approximate surface area is 174 Å². The first kappa shape index (κ1) is 20.8. The summed E-state index contributed by atoms with van der Waals surface area (Å²) in [7, 11) is 0. The number of aromatic nitrogens is 4. The molecule has 164 valence electrons. The fraction of sp³-hybridized carbons (Fsp3) is 0.714. The monoisotopic (exact) mass is 418 g/mol. The minimum absolute atomic E-state index is 0.0791. The highest BCUT2D eigenvalue weighted by molar-refractivity contribution is 5.70. The number of aliphatic carboxylic acids is 1. The van der Waals surface area contributed by atoms with Crippen LogP contribution in [0.15, 0.2) is 9.59 Å². The molecule has 5 rings (SSSR count). The normalized spacial score (nSPS) is 25.8. The molecule has 2 aromatic heterocycles. The number of H-pyrrole nitrogens is 1. The number of aryl methyl sites for hydroxylation is 1. The van der Waals surface area contributed by atoms with Crippen molar-refractivity contribution in [1.29, 1.82) is 0 Å². The number of carbonyl (C=O) groups is 1. The maximum atomic E-state index is 13.0. The molecule has 0 spiro atoms. The Bertz CT molecular complexity index is 1050. The van der Waals surface area contributed by atoms with E-state index in [-0.39, 0.29) is 23.1 Å². The summed E-state index contributed by atoms with van der Waals surface area (Å²) in [6, 6.07) is 0. The van der Waals surface area contributed by atoms with Crippen LogP contribution in [0.25, 0.3) is 11.2 Å². The molecule has 0 atom stereocenters. The van der Waals surface area contributed by atoms with Crippen LogP contribution in [0, 0.1) is 5.41 Å². The van der Waals surface area contributed by atoms with Crippen molar-refractivity contribution in [2.75, 3.05) is 6.61 Å². The minimum Gasteiger partial charge on any atom is -0.481 e. The highest BCUT2D eigenvalue weighted by atomic mass is 16.5. The molecule has 0 radical (unpaired) electrons. The number of aromatic amines is 1. The third-order valence-corrected chi connectivity index (χ3v) is 6.83.